The molecule has 6 nitrogen and oxygen atoms in total. The second-order valence-electron chi connectivity index (χ2n) is 5.60. The number of amides is 3. The van der Waals surface area contributed by atoms with Crippen LogP contribution >= 0.6 is 0 Å². The first-order valence-corrected chi connectivity index (χ1v) is 8.28. The fourth-order valence-corrected chi connectivity index (χ4v) is 2.25. The molecule has 2 aromatic rings. The third kappa shape index (κ3) is 6.95. The standard InChI is InChI=1S/C19H24N4O2/c1-23(17-10-6-3-7-11-17)15-14-20-18(24)12-13-21-19(25)22-16-8-4-2-5-9-16/h2-11H,12-15H2,1H3,(H,20,24)(H2,21,22,25). The minimum Gasteiger partial charge on any atom is -0.373 e. The number of anilines is 2. The van der Waals surface area contributed by atoms with Gasteiger partial charge in [0.2, 0.25) is 5.91 Å². The van der Waals surface area contributed by atoms with E-state index in [0.717, 1.165) is 12.2 Å². The highest BCUT2D eigenvalue weighted by Crippen LogP contribution is 2.09. The molecule has 0 heterocycles. The largest absolute Gasteiger partial charge is 0.373 e. The third-order valence-electron chi connectivity index (χ3n) is 3.64. The number of carbonyl (C=O) groups is 2. The van der Waals surface area contributed by atoms with Crippen LogP contribution in [0.15, 0.2) is 60.7 Å². The van der Waals surface area contributed by atoms with Crippen molar-refractivity contribution >= 4 is 23.3 Å². The van der Waals surface area contributed by atoms with Crippen molar-refractivity contribution in [3.63, 3.8) is 0 Å². The van der Waals surface area contributed by atoms with Crippen LogP contribution in [-0.4, -0.2) is 38.6 Å². The van der Waals surface area contributed by atoms with Crippen molar-refractivity contribution in [2.45, 2.75) is 6.42 Å². The number of nitrogens with one attached hydrogen (secondary N) is 3. The second kappa shape index (κ2) is 9.97. The fourth-order valence-electron chi connectivity index (χ4n) is 2.25. The van der Waals surface area contributed by atoms with Crippen molar-refractivity contribution in [1.29, 1.82) is 0 Å². The number of carbonyl (C=O) groups excluding carboxylic acids is 2. The molecule has 0 aliphatic rings. The van der Waals surface area contributed by atoms with Crippen LogP contribution in [0.3, 0.4) is 0 Å². The molecule has 0 saturated heterocycles. The fraction of sp³-hybridized carbons (Fsp3) is 0.263. The summed E-state index contributed by atoms with van der Waals surface area (Å²) in [4.78, 5) is 25.6. The molecule has 0 bridgehead atoms. The van der Waals surface area contributed by atoms with Crippen molar-refractivity contribution in [3.05, 3.63) is 60.7 Å². The van der Waals surface area contributed by atoms with Crippen LogP contribution in [0.25, 0.3) is 0 Å². The number of rotatable bonds is 8. The van der Waals surface area contributed by atoms with Crippen LogP contribution in [0.4, 0.5) is 16.2 Å². The minimum atomic E-state index is -0.317. The summed E-state index contributed by atoms with van der Waals surface area (Å²) in [6.07, 6.45) is 0.247. The lowest BCUT2D eigenvalue weighted by molar-refractivity contribution is -0.120. The maximum absolute atomic E-state index is 11.8. The number of benzene rings is 2. The maximum atomic E-state index is 11.8. The summed E-state index contributed by atoms with van der Waals surface area (Å²) < 4.78 is 0. The van der Waals surface area contributed by atoms with Crippen molar-refractivity contribution in [2.24, 2.45) is 0 Å². The topological polar surface area (TPSA) is 73.5 Å². The van der Waals surface area contributed by atoms with E-state index < -0.39 is 0 Å². The molecule has 6 heteroatoms. The summed E-state index contributed by atoms with van der Waals surface area (Å²) in [6, 6.07) is 18.8. The van der Waals surface area contributed by atoms with Gasteiger partial charge in [-0.05, 0) is 24.3 Å². The first kappa shape index (κ1) is 18.3. The molecule has 2 rings (SSSR count). The minimum absolute atomic E-state index is 0.0820. The van der Waals surface area contributed by atoms with Gasteiger partial charge in [0.15, 0.2) is 0 Å². The Labute approximate surface area is 148 Å². The maximum Gasteiger partial charge on any atom is 0.319 e. The smallest absolute Gasteiger partial charge is 0.319 e. The number of hydrogen-bond acceptors (Lipinski definition) is 3. The summed E-state index contributed by atoms with van der Waals surface area (Å²) in [7, 11) is 1.98. The Morgan fingerprint density at radius 1 is 0.880 bits per heavy atom. The molecule has 3 amide bonds. The predicted octanol–water partition coefficient (Wildman–Crippen LogP) is 2.45. The molecule has 3 N–H and O–H groups in total. The number of para-hydroxylation sites is 2. The van der Waals surface area contributed by atoms with Gasteiger partial charge in [-0.2, -0.15) is 0 Å². The second-order valence-corrected chi connectivity index (χ2v) is 5.60. The van der Waals surface area contributed by atoms with E-state index in [2.05, 4.69) is 20.9 Å². The first-order chi connectivity index (χ1) is 12.1. The average molecular weight is 340 g/mol. The molecule has 0 aliphatic heterocycles. The van der Waals surface area contributed by atoms with Crippen LogP contribution < -0.4 is 20.9 Å². The van der Waals surface area contributed by atoms with Crippen molar-refractivity contribution in [2.75, 3.05) is 36.9 Å². The average Bonchev–Trinajstić information content (AvgIpc) is 2.63. The molecule has 0 atom stereocenters. The Morgan fingerprint density at radius 2 is 1.52 bits per heavy atom. The zero-order valence-electron chi connectivity index (χ0n) is 14.4. The number of likely N-dealkylation sites (N-methyl/N-ethyl adjacent to an activating group) is 1. The van der Waals surface area contributed by atoms with E-state index in [-0.39, 0.29) is 18.4 Å². The predicted molar refractivity (Wildman–Crippen MR) is 101 cm³/mol. The Balaban J connectivity index is 1.57. The number of hydrogen-bond donors (Lipinski definition) is 3. The summed E-state index contributed by atoms with van der Waals surface area (Å²) in [5.41, 5.74) is 1.82. The molecule has 25 heavy (non-hydrogen) atoms. The lowest BCUT2D eigenvalue weighted by Crippen LogP contribution is -2.36. The summed E-state index contributed by atoms with van der Waals surface area (Å²) in [5, 5.41) is 8.22. The van der Waals surface area contributed by atoms with Crippen molar-refractivity contribution < 1.29 is 9.59 Å². The zero-order valence-corrected chi connectivity index (χ0v) is 14.4. The van der Waals surface area contributed by atoms with Gasteiger partial charge in [0.05, 0.1) is 0 Å². The molecule has 0 fully saturated rings. The zero-order chi connectivity index (χ0) is 17.9. The molecular formula is C19H24N4O2. The molecule has 0 aliphatic carbocycles. The van der Waals surface area contributed by atoms with E-state index in [1.807, 2.05) is 55.6 Å². The van der Waals surface area contributed by atoms with Gasteiger partial charge in [-0.25, -0.2) is 4.79 Å². The highest BCUT2D eigenvalue weighted by atomic mass is 16.2. The van der Waals surface area contributed by atoms with Crippen LogP contribution in [0, 0.1) is 0 Å². The number of nitrogens with zero attached hydrogens (tertiary/aromatic N) is 1. The lowest BCUT2D eigenvalue weighted by Gasteiger charge is -2.19. The Hall–Kier alpha value is -3.02. The van der Waals surface area contributed by atoms with Gasteiger partial charge < -0.3 is 20.9 Å². The molecule has 0 saturated carbocycles. The quantitative estimate of drug-likeness (QED) is 0.691. The molecule has 2 aromatic carbocycles. The lowest BCUT2D eigenvalue weighted by atomic mass is 10.3. The Morgan fingerprint density at radius 3 is 2.20 bits per heavy atom. The number of urea groups is 1. The van der Waals surface area contributed by atoms with Crippen LogP contribution in [0.1, 0.15) is 6.42 Å². The first-order valence-electron chi connectivity index (χ1n) is 8.28. The van der Waals surface area contributed by atoms with Crippen LogP contribution in [0.2, 0.25) is 0 Å². The van der Waals surface area contributed by atoms with Gasteiger partial charge in [0.25, 0.3) is 0 Å². The van der Waals surface area contributed by atoms with Gasteiger partial charge in [-0.15, -0.1) is 0 Å². The Bertz CT molecular complexity index is 662. The third-order valence-corrected chi connectivity index (χ3v) is 3.64. The van der Waals surface area contributed by atoms with Crippen molar-refractivity contribution in [3.8, 4) is 0 Å². The molecule has 0 unspecified atom stereocenters. The van der Waals surface area contributed by atoms with Gasteiger partial charge in [-0.1, -0.05) is 36.4 Å². The molecular weight excluding hydrogens is 316 g/mol. The van der Waals surface area contributed by atoms with E-state index in [0.29, 0.717) is 18.8 Å². The van der Waals surface area contributed by atoms with E-state index in [1.165, 1.54) is 0 Å². The molecule has 0 aromatic heterocycles. The van der Waals surface area contributed by atoms with Crippen LogP contribution in [0.5, 0.6) is 0 Å². The highest BCUT2D eigenvalue weighted by Gasteiger charge is 2.05. The van der Waals surface area contributed by atoms with E-state index in [9.17, 15) is 9.59 Å². The van der Waals surface area contributed by atoms with E-state index in [4.69, 9.17) is 0 Å². The highest BCUT2D eigenvalue weighted by molar-refractivity contribution is 5.89. The summed E-state index contributed by atoms with van der Waals surface area (Å²) >= 11 is 0. The normalized spacial score (nSPS) is 9.96. The van der Waals surface area contributed by atoms with Gasteiger partial charge in [-0.3, -0.25) is 4.79 Å². The molecule has 132 valence electrons. The summed E-state index contributed by atoms with van der Waals surface area (Å²) in [5.74, 6) is -0.0820. The van der Waals surface area contributed by atoms with Crippen molar-refractivity contribution in [1.82, 2.24) is 10.6 Å². The Kier molecular flexibility index (Phi) is 7.31. The van der Waals surface area contributed by atoms with E-state index >= 15 is 0 Å². The molecule has 0 radical (unpaired) electrons. The van der Waals surface area contributed by atoms with Gasteiger partial charge in [0, 0.05) is 44.5 Å². The van der Waals surface area contributed by atoms with E-state index in [1.54, 1.807) is 12.1 Å². The molecule has 0 spiro atoms. The monoisotopic (exact) mass is 340 g/mol. The van der Waals surface area contributed by atoms with Crippen LogP contribution in [-0.2, 0) is 4.79 Å². The SMILES string of the molecule is CN(CCNC(=O)CCNC(=O)Nc1ccccc1)c1ccccc1. The van der Waals surface area contributed by atoms with Gasteiger partial charge in [0.1, 0.15) is 0 Å². The summed E-state index contributed by atoms with van der Waals surface area (Å²) in [6.45, 7) is 1.57. The van der Waals surface area contributed by atoms with Gasteiger partial charge >= 0.3 is 6.03 Å².